The number of hydrogen-bond acceptors (Lipinski definition) is 3. The number of amides is 1. The Hall–Kier alpha value is -1.07. The molecule has 104 valence electrons. The summed E-state index contributed by atoms with van der Waals surface area (Å²) in [4.78, 5) is 13.2. The Balaban J connectivity index is 2.75. The van der Waals surface area contributed by atoms with Gasteiger partial charge in [-0.05, 0) is 29.8 Å². The highest BCUT2D eigenvalue weighted by molar-refractivity contribution is 6.34. The number of halogens is 2. The fraction of sp³-hybridized carbons (Fsp3) is 0.308. The van der Waals surface area contributed by atoms with Gasteiger partial charge in [0.25, 0.3) is 0 Å². The summed E-state index contributed by atoms with van der Waals surface area (Å²) in [5, 5.41) is 18.6. The van der Waals surface area contributed by atoms with Crippen LogP contribution in [0.3, 0.4) is 0 Å². The minimum atomic E-state index is -0.292. The molecule has 6 heteroatoms. The topological polar surface area (TPSA) is 60.8 Å². The normalized spacial score (nSPS) is 10.9. The van der Waals surface area contributed by atoms with Gasteiger partial charge >= 0.3 is 0 Å². The van der Waals surface area contributed by atoms with Crippen molar-refractivity contribution in [1.82, 2.24) is 4.90 Å². The van der Waals surface area contributed by atoms with Gasteiger partial charge in [-0.3, -0.25) is 4.79 Å². The van der Waals surface area contributed by atoms with Gasteiger partial charge in [-0.25, -0.2) is 0 Å². The van der Waals surface area contributed by atoms with Crippen LogP contribution in [0.25, 0.3) is 6.08 Å². The van der Waals surface area contributed by atoms with Crippen LogP contribution in [0.2, 0.25) is 10.0 Å². The molecule has 0 aliphatic carbocycles. The van der Waals surface area contributed by atoms with E-state index in [4.69, 9.17) is 33.4 Å². The zero-order valence-electron chi connectivity index (χ0n) is 10.2. The van der Waals surface area contributed by atoms with Crippen molar-refractivity contribution in [3.63, 3.8) is 0 Å². The molecular weight excluding hydrogens is 289 g/mol. The first-order valence-electron chi connectivity index (χ1n) is 5.71. The Labute approximate surface area is 121 Å². The molecule has 1 aromatic carbocycles. The summed E-state index contributed by atoms with van der Waals surface area (Å²) in [6.45, 7) is 0.0607. The number of benzene rings is 1. The molecule has 0 saturated carbocycles. The maximum atomic E-state index is 11.8. The maximum absolute atomic E-state index is 11.8. The van der Waals surface area contributed by atoms with E-state index in [1.54, 1.807) is 24.3 Å². The minimum Gasteiger partial charge on any atom is -0.395 e. The lowest BCUT2D eigenvalue weighted by atomic mass is 10.2. The third-order valence-corrected chi connectivity index (χ3v) is 2.79. The van der Waals surface area contributed by atoms with Crippen molar-refractivity contribution in [2.24, 2.45) is 0 Å². The predicted molar refractivity (Wildman–Crippen MR) is 76.2 cm³/mol. The number of rotatable bonds is 6. The zero-order valence-corrected chi connectivity index (χ0v) is 11.7. The van der Waals surface area contributed by atoms with Crippen LogP contribution in [0.4, 0.5) is 0 Å². The first-order chi connectivity index (χ1) is 9.06. The van der Waals surface area contributed by atoms with Crippen LogP contribution in [-0.4, -0.2) is 47.3 Å². The molecule has 0 radical (unpaired) electrons. The molecule has 1 amide bonds. The van der Waals surface area contributed by atoms with E-state index in [2.05, 4.69) is 0 Å². The molecule has 0 heterocycles. The molecule has 0 unspecified atom stereocenters. The predicted octanol–water partition coefficient (Wildman–Crippen LogP) is 1.82. The molecule has 4 nitrogen and oxygen atoms in total. The van der Waals surface area contributed by atoms with Gasteiger partial charge in [-0.2, -0.15) is 0 Å². The van der Waals surface area contributed by atoms with Crippen molar-refractivity contribution in [1.29, 1.82) is 0 Å². The quantitative estimate of drug-likeness (QED) is 0.788. The SMILES string of the molecule is O=C(C=Cc1cc(Cl)cc(Cl)c1)N(CCO)CCO. The fourth-order valence-corrected chi connectivity index (χ4v) is 2.06. The summed E-state index contributed by atoms with van der Waals surface area (Å²) in [7, 11) is 0. The molecule has 2 N–H and O–H groups in total. The molecule has 1 aromatic rings. The van der Waals surface area contributed by atoms with E-state index in [1.165, 1.54) is 11.0 Å². The summed E-state index contributed by atoms with van der Waals surface area (Å²) in [6, 6.07) is 4.96. The van der Waals surface area contributed by atoms with E-state index in [-0.39, 0.29) is 32.2 Å². The van der Waals surface area contributed by atoms with Crippen molar-refractivity contribution >= 4 is 35.2 Å². The molecule has 0 spiro atoms. The van der Waals surface area contributed by atoms with Gasteiger partial charge in [0.2, 0.25) is 5.91 Å². The van der Waals surface area contributed by atoms with Crippen LogP contribution < -0.4 is 0 Å². The van der Waals surface area contributed by atoms with E-state index in [1.807, 2.05) is 0 Å². The van der Waals surface area contributed by atoms with Gasteiger partial charge in [0.15, 0.2) is 0 Å². The van der Waals surface area contributed by atoms with Crippen LogP contribution in [0, 0.1) is 0 Å². The lowest BCUT2D eigenvalue weighted by Gasteiger charge is -2.18. The van der Waals surface area contributed by atoms with Crippen LogP contribution in [-0.2, 0) is 4.79 Å². The van der Waals surface area contributed by atoms with Gasteiger partial charge in [0.1, 0.15) is 0 Å². The Morgan fingerprint density at radius 3 is 2.11 bits per heavy atom. The van der Waals surface area contributed by atoms with Crippen molar-refractivity contribution in [2.45, 2.75) is 0 Å². The monoisotopic (exact) mass is 303 g/mol. The van der Waals surface area contributed by atoms with E-state index in [0.717, 1.165) is 0 Å². The lowest BCUT2D eigenvalue weighted by Crippen LogP contribution is -2.34. The average molecular weight is 304 g/mol. The van der Waals surface area contributed by atoms with Gasteiger partial charge < -0.3 is 15.1 Å². The van der Waals surface area contributed by atoms with Crippen LogP contribution in [0.1, 0.15) is 5.56 Å². The van der Waals surface area contributed by atoms with E-state index < -0.39 is 0 Å². The summed E-state index contributed by atoms with van der Waals surface area (Å²) in [5.41, 5.74) is 0.707. The first-order valence-corrected chi connectivity index (χ1v) is 6.47. The van der Waals surface area contributed by atoms with Crippen molar-refractivity contribution in [3.05, 3.63) is 39.9 Å². The highest BCUT2D eigenvalue weighted by Gasteiger charge is 2.08. The van der Waals surface area contributed by atoms with Gasteiger partial charge in [0, 0.05) is 29.2 Å². The van der Waals surface area contributed by atoms with Gasteiger partial charge in [-0.15, -0.1) is 0 Å². The molecule has 0 saturated heterocycles. The van der Waals surface area contributed by atoms with E-state index in [0.29, 0.717) is 15.6 Å². The lowest BCUT2D eigenvalue weighted by molar-refractivity contribution is -0.126. The molecule has 1 rings (SSSR count). The zero-order chi connectivity index (χ0) is 14.3. The Morgan fingerprint density at radius 2 is 1.63 bits per heavy atom. The smallest absolute Gasteiger partial charge is 0.246 e. The minimum absolute atomic E-state index is 0.150. The van der Waals surface area contributed by atoms with Crippen molar-refractivity contribution in [3.8, 4) is 0 Å². The Morgan fingerprint density at radius 1 is 1.11 bits per heavy atom. The highest BCUT2D eigenvalue weighted by atomic mass is 35.5. The molecular formula is C13H15Cl2NO3. The average Bonchev–Trinajstić information content (AvgIpc) is 2.34. The van der Waals surface area contributed by atoms with Crippen LogP contribution in [0.5, 0.6) is 0 Å². The number of hydrogen-bond donors (Lipinski definition) is 2. The number of aliphatic hydroxyl groups excluding tert-OH is 2. The summed E-state index contributed by atoms with van der Waals surface area (Å²) in [5.74, 6) is -0.292. The molecule has 0 fully saturated rings. The second kappa shape index (κ2) is 8.17. The number of aliphatic hydroxyl groups is 2. The van der Waals surface area contributed by atoms with E-state index in [9.17, 15) is 4.79 Å². The molecule has 0 aliphatic rings. The standard InChI is InChI=1S/C13H15Cl2NO3/c14-11-7-10(8-12(15)9-11)1-2-13(19)16(3-5-17)4-6-18/h1-2,7-9,17-18H,3-6H2. The Bertz CT molecular complexity index is 437. The summed E-state index contributed by atoms with van der Waals surface area (Å²) >= 11 is 11.7. The summed E-state index contributed by atoms with van der Waals surface area (Å²) in [6.07, 6.45) is 2.94. The number of carbonyl (C=O) groups excluding carboxylic acids is 1. The number of nitrogens with zero attached hydrogens (tertiary/aromatic N) is 1. The largest absolute Gasteiger partial charge is 0.395 e. The third-order valence-electron chi connectivity index (χ3n) is 2.35. The number of carbonyl (C=O) groups is 1. The molecule has 0 aromatic heterocycles. The van der Waals surface area contributed by atoms with Crippen molar-refractivity contribution in [2.75, 3.05) is 26.3 Å². The first kappa shape index (κ1) is 16.0. The molecule has 19 heavy (non-hydrogen) atoms. The second-order valence-corrected chi connectivity index (χ2v) is 4.68. The Kier molecular flexibility index (Phi) is 6.87. The fourth-order valence-electron chi connectivity index (χ4n) is 1.52. The second-order valence-electron chi connectivity index (χ2n) is 3.81. The highest BCUT2D eigenvalue weighted by Crippen LogP contribution is 2.19. The van der Waals surface area contributed by atoms with E-state index >= 15 is 0 Å². The molecule has 0 atom stereocenters. The maximum Gasteiger partial charge on any atom is 0.246 e. The van der Waals surface area contributed by atoms with Crippen LogP contribution in [0.15, 0.2) is 24.3 Å². The summed E-state index contributed by atoms with van der Waals surface area (Å²) < 4.78 is 0. The van der Waals surface area contributed by atoms with Gasteiger partial charge in [0.05, 0.1) is 13.2 Å². The third kappa shape index (κ3) is 5.61. The molecule has 0 bridgehead atoms. The molecule has 0 aliphatic heterocycles. The van der Waals surface area contributed by atoms with Crippen LogP contribution >= 0.6 is 23.2 Å². The van der Waals surface area contributed by atoms with Gasteiger partial charge in [-0.1, -0.05) is 23.2 Å². The van der Waals surface area contributed by atoms with Crippen molar-refractivity contribution < 1.29 is 15.0 Å².